The molecule has 0 radical (unpaired) electrons. The number of carboxylic acids is 1. The minimum atomic E-state index is -1.03. The fraction of sp³-hybridized carbons (Fsp3) is 0.147. The molecule has 0 fully saturated rings. The van der Waals surface area contributed by atoms with Crippen LogP contribution in [0, 0.1) is 0 Å². The molecule has 4 aromatic carbocycles. The molecule has 42 heavy (non-hydrogen) atoms. The summed E-state index contributed by atoms with van der Waals surface area (Å²) >= 11 is 0. The van der Waals surface area contributed by atoms with Crippen molar-refractivity contribution in [2.24, 2.45) is 0 Å². The number of carbonyl (C=O) groups is 1. The van der Waals surface area contributed by atoms with E-state index in [1.807, 2.05) is 6.92 Å². The topological polar surface area (TPSA) is 128 Å². The summed E-state index contributed by atoms with van der Waals surface area (Å²) < 4.78 is 3.77. The van der Waals surface area contributed by atoms with Crippen molar-refractivity contribution in [3.05, 3.63) is 95.7 Å². The van der Waals surface area contributed by atoms with E-state index < -0.39 is 5.97 Å². The molecular formula is C34H30N2O6. The first-order valence-electron chi connectivity index (χ1n) is 13.8. The predicted octanol–water partition coefficient (Wildman–Crippen LogP) is 7.08. The summed E-state index contributed by atoms with van der Waals surface area (Å²) in [6.07, 6.45) is 0.934. The average molecular weight is 563 g/mol. The average Bonchev–Trinajstić information content (AvgIpc) is 3.64. The fourth-order valence-electron chi connectivity index (χ4n) is 6.05. The van der Waals surface area contributed by atoms with Gasteiger partial charge in [0, 0.05) is 47.3 Å². The third-order valence-electron chi connectivity index (χ3n) is 7.97. The maximum Gasteiger partial charge on any atom is 0.352 e. The monoisotopic (exact) mass is 562 g/mol. The first-order valence-corrected chi connectivity index (χ1v) is 13.8. The molecule has 1 aliphatic rings. The minimum Gasteiger partial charge on any atom is -0.504 e. The van der Waals surface area contributed by atoms with E-state index in [9.17, 15) is 25.2 Å². The summed E-state index contributed by atoms with van der Waals surface area (Å²) in [6, 6.07) is 24.6. The van der Waals surface area contributed by atoms with Crippen LogP contribution in [0.2, 0.25) is 0 Å². The predicted molar refractivity (Wildman–Crippen MR) is 163 cm³/mol. The quantitative estimate of drug-likeness (QED) is 0.146. The van der Waals surface area contributed by atoms with Crippen molar-refractivity contribution in [3.63, 3.8) is 0 Å². The van der Waals surface area contributed by atoms with Crippen LogP contribution in [0.4, 0.5) is 0 Å². The van der Waals surface area contributed by atoms with E-state index in [2.05, 4.69) is 60.0 Å². The van der Waals surface area contributed by atoms with Gasteiger partial charge in [0.25, 0.3) is 0 Å². The van der Waals surface area contributed by atoms with Gasteiger partial charge in [0.2, 0.25) is 0 Å². The van der Waals surface area contributed by atoms with Gasteiger partial charge in [-0.05, 0) is 66.8 Å². The number of aromatic hydroxyl groups is 4. The van der Waals surface area contributed by atoms with E-state index >= 15 is 0 Å². The molecule has 0 amide bonds. The molecule has 0 aliphatic heterocycles. The molecule has 2 aromatic heterocycles. The fourth-order valence-corrected chi connectivity index (χ4v) is 6.05. The first-order chi connectivity index (χ1) is 20.2. The Kier molecular flexibility index (Phi) is 6.54. The van der Waals surface area contributed by atoms with E-state index in [4.69, 9.17) is 5.11 Å². The number of phenolic OH excluding ortho intramolecular Hbond substituents is 4. The van der Waals surface area contributed by atoms with E-state index in [-0.39, 0.29) is 28.7 Å². The summed E-state index contributed by atoms with van der Waals surface area (Å²) in [5, 5.41) is 49.0. The lowest BCUT2D eigenvalue weighted by atomic mass is 9.99. The zero-order chi connectivity index (χ0) is 29.7. The zero-order valence-electron chi connectivity index (χ0n) is 23.2. The Morgan fingerprint density at radius 3 is 1.86 bits per heavy atom. The van der Waals surface area contributed by atoms with Crippen LogP contribution >= 0.6 is 0 Å². The van der Waals surface area contributed by atoms with Crippen LogP contribution in [0.3, 0.4) is 0 Å². The number of fused-ring (bicyclic) bond motifs is 5. The van der Waals surface area contributed by atoms with Gasteiger partial charge in [-0.3, -0.25) is 0 Å². The van der Waals surface area contributed by atoms with Crippen LogP contribution in [0.25, 0.3) is 44.2 Å². The Morgan fingerprint density at radius 1 is 0.667 bits per heavy atom. The van der Waals surface area contributed by atoms with E-state index in [1.165, 1.54) is 46.0 Å². The van der Waals surface area contributed by atoms with Gasteiger partial charge in [-0.2, -0.15) is 0 Å². The van der Waals surface area contributed by atoms with Crippen LogP contribution < -0.4 is 0 Å². The summed E-state index contributed by atoms with van der Waals surface area (Å²) in [5.74, 6) is -1.70. The summed E-state index contributed by atoms with van der Waals surface area (Å²) in [7, 11) is 0. The molecule has 8 heteroatoms. The van der Waals surface area contributed by atoms with Gasteiger partial charge in [0.05, 0.1) is 11.0 Å². The van der Waals surface area contributed by atoms with Gasteiger partial charge in [-0.25, -0.2) is 4.79 Å². The lowest BCUT2D eigenvalue weighted by Crippen LogP contribution is -2.06. The minimum absolute atomic E-state index is 0.0806. The molecular weight excluding hydrogens is 532 g/mol. The normalized spacial score (nSPS) is 11.8. The highest BCUT2D eigenvalue weighted by atomic mass is 16.4. The largest absolute Gasteiger partial charge is 0.504 e. The molecule has 0 spiro atoms. The molecule has 2 heterocycles. The van der Waals surface area contributed by atoms with E-state index in [1.54, 1.807) is 16.7 Å². The molecule has 0 atom stereocenters. The Balaban J connectivity index is 0.000000170. The highest BCUT2D eigenvalue weighted by molar-refractivity contribution is 5.96. The third kappa shape index (κ3) is 4.28. The second kappa shape index (κ2) is 10.2. The van der Waals surface area contributed by atoms with Gasteiger partial charge in [-0.15, -0.1) is 0 Å². The van der Waals surface area contributed by atoms with Crippen LogP contribution in [0.5, 0.6) is 23.0 Å². The summed E-state index contributed by atoms with van der Waals surface area (Å²) in [5.41, 5.74) is 9.34. The zero-order valence-corrected chi connectivity index (χ0v) is 23.2. The molecule has 212 valence electrons. The smallest absolute Gasteiger partial charge is 0.352 e. The number of rotatable bonds is 4. The Hall–Kier alpha value is -5.37. The lowest BCUT2D eigenvalue weighted by Gasteiger charge is -2.12. The van der Waals surface area contributed by atoms with Crippen molar-refractivity contribution in [2.75, 3.05) is 0 Å². The van der Waals surface area contributed by atoms with E-state index in [0.29, 0.717) is 17.4 Å². The molecule has 0 saturated heterocycles. The van der Waals surface area contributed by atoms with Gasteiger partial charge in [-0.1, -0.05) is 42.5 Å². The number of aromatic nitrogens is 2. The number of hydrogen-bond donors (Lipinski definition) is 5. The van der Waals surface area contributed by atoms with Gasteiger partial charge >= 0.3 is 5.97 Å². The lowest BCUT2D eigenvalue weighted by molar-refractivity contribution is 0.0686. The highest BCUT2D eigenvalue weighted by Crippen LogP contribution is 2.43. The van der Waals surface area contributed by atoms with Crippen molar-refractivity contribution in [3.8, 4) is 45.4 Å². The number of carboxylic acid groups (broad SMARTS) is 1. The molecule has 0 saturated carbocycles. The third-order valence-corrected chi connectivity index (χ3v) is 7.97. The van der Waals surface area contributed by atoms with E-state index in [0.717, 1.165) is 29.6 Å². The molecule has 7 rings (SSSR count). The Morgan fingerprint density at radius 2 is 1.21 bits per heavy atom. The molecule has 0 bridgehead atoms. The van der Waals surface area contributed by atoms with Crippen molar-refractivity contribution < 1.29 is 30.3 Å². The van der Waals surface area contributed by atoms with Crippen molar-refractivity contribution in [1.82, 2.24) is 9.13 Å². The number of hydrogen-bond acceptors (Lipinski definition) is 5. The first kappa shape index (κ1) is 26.8. The van der Waals surface area contributed by atoms with Crippen molar-refractivity contribution in [1.29, 1.82) is 0 Å². The number of benzene rings is 4. The standard InChI is InChI=1S/C23H19NO2.C11H11NO4/c1-2-24-20-13-23(26)22(25)12-15(20)11-21(24)18-9-5-8-17-16-7-4-3-6-14(16)10-19(17)18;1-2-12-7-5-10(14)9(13)4-6(7)3-8(12)11(15)16/h3-9,11-13,25-26H,2,10H2,1H3;3-5,13-14H,2H2,1H3,(H,15,16). The molecule has 8 nitrogen and oxygen atoms in total. The molecule has 5 N–H and O–H groups in total. The van der Waals surface area contributed by atoms with Crippen LogP contribution in [0.15, 0.2) is 78.9 Å². The number of aryl methyl sites for hydroxylation is 2. The van der Waals surface area contributed by atoms with Crippen LogP contribution in [-0.2, 0) is 19.5 Å². The second-order valence-electron chi connectivity index (χ2n) is 10.3. The van der Waals surface area contributed by atoms with Gasteiger partial charge in [0.15, 0.2) is 23.0 Å². The summed E-state index contributed by atoms with van der Waals surface area (Å²) in [4.78, 5) is 11.0. The SMILES string of the molecule is CCn1c(-c2cccc3c2Cc2ccccc2-3)cc2cc(O)c(O)cc21.CCn1c(C(=O)O)cc2cc(O)c(O)cc21. The van der Waals surface area contributed by atoms with Crippen LogP contribution in [-0.4, -0.2) is 40.6 Å². The maximum absolute atomic E-state index is 11.0. The van der Waals surface area contributed by atoms with Crippen molar-refractivity contribution in [2.45, 2.75) is 33.4 Å². The molecule has 6 aromatic rings. The number of nitrogens with zero attached hydrogens (tertiary/aromatic N) is 2. The molecule has 0 unspecified atom stereocenters. The maximum atomic E-state index is 11.0. The van der Waals surface area contributed by atoms with Gasteiger partial charge < -0.3 is 34.7 Å². The number of phenols is 4. The number of aromatic carboxylic acids is 1. The van der Waals surface area contributed by atoms with Crippen LogP contribution in [0.1, 0.15) is 35.5 Å². The Bertz CT molecular complexity index is 2020. The van der Waals surface area contributed by atoms with Crippen molar-refractivity contribution >= 4 is 27.8 Å². The van der Waals surface area contributed by atoms with Gasteiger partial charge in [0.1, 0.15) is 5.69 Å². The summed E-state index contributed by atoms with van der Waals surface area (Å²) in [6.45, 7) is 5.19. The molecule has 1 aliphatic carbocycles. The highest BCUT2D eigenvalue weighted by Gasteiger charge is 2.23. The second-order valence-corrected chi connectivity index (χ2v) is 10.3. The Labute approximate surface area is 241 Å².